The van der Waals surface area contributed by atoms with Crippen molar-refractivity contribution < 1.29 is 19.0 Å². The van der Waals surface area contributed by atoms with Crippen LogP contribution < -0.4 is 4.74 Å². The Balaban J connectivity index is 1.29. The molecule has 1 atom stereocenters. The first-order valence-electron chi connectivity index (χ1n) is 12.2. The zero-order valence-corrected chi connectivity index (χ0v) is 21.4. The Kier molecular flexibility index (Phi) is 9.76. The van der Waals surface area contributed by atoms with Gasteiger partial charge in [0.05, 0.1) is 26.4 Å². The van der Waals surface area contributed by atoms with Crippen LogP contribution in [0.15, 0.2) is 78.9 Å². The number of nitrogens with zero attached hydrogens (tertiary/aromatic N) is 2. The van der Waals surface area contributed by atoms with Crippen LogP contribution in [0.5, 0.6) is 5.75 Å². The van der Waals surface area contributed by atoms with Crippen molar-refractivity contribution in [1.82, 2.24) is 9.80 Å². The number of carbonyl (C=O) groups is 1. The third-order valence-electron chi connectivity index (χ3n) is 6.31. The lowest BCUT2D eigenvalue weighted by Gasteiger charge is -2.36. The predicted molar refractivity (Wildman–Crippen MR) is 141 cm³/mol. The lowest BCUT2D eigenvalue weighted by atomic mass is 10.1. The van der Waals surface area contributed by atoms with Gasteiger partial charge in [-0.05, 0) is 41.0 Å². The zero-order valence-electron chi connectivity index (χ0n) is 20.6. The van der Waals surface area contributed by atoms with Gasteiger partial charge in [-0.25, -0.2) is 0 Å². The van der Waals surface area contributed by atoms with E-state index in [2.05, 4.69) is 4.90 Å². The van der Waals surface area contributed by atoms with E-state index in [1.165, 1.54) is 0 Å². The summed E-state index contributed by atoms with van der Waals surface area (Å²) in [5, 5.41) is 0.701. The van der Waals surface area contributed by atoms with Gasteiger partial charge in [-0.1, -0.05) is 66.2 Å². The summed E-state index contributed by atoms with van der Waals surface area (Å²) in [5.41, 5.74) is 3.20. The molecule has 1 aliphatic rings. The second-order valence-corrected chi connectivity index (χ2v) is 9.30. The van der Waals surface area contributed by atoms with E-state index in [4.69, 9.17) is 25.8 Å². The second-order valence-electron chi connectivity index (χ2n) is 8.86. The molecule has 36 heavy (non-hydrogen) atoms. The average molecular weight is 509 g/mol. The first-order chi connectivity index (χ1) is 17.6. The number of rotatable bonds is 11. The second kappa shape index (κ2) is 13.4. The summed E-state index contributed by atoms with van der Waals surface area (Å²) in [7, 11) is 1.66. The van der Waals surface area contributed by atoms with Gasteiger partial charge in [0.2, 0.25) is 5.91 Å². The van der Waals surface area contributed by atoms with Gasteiger partial charge in [-0.2, -0.15) is 0 Å². The third-order valence-corrected chi connectivity index (χ3v) is 6.57. The number of carbonyl (C=O) groups excluding carboxylic acids is 1. The van der Waals surface area contributed by atoms with E-state index in [1.807, 2.05) is 83.8 Å². The molecule has 1 aliphatic heterocycles. The van der Waals surface area contributed by atoms with E-state index in [1.54, 1.807) is 7.11 Å². The van der Waals surface area contributed by atoms with Crippen LogP contribution >= 0.6 is 11.6 Å². The summed E-state index contributed by atoms with van der Waals surface area (Å²) < 4.78 is 17.4. The molecular formula is C29H33ClN2O4. The Morgan fingerprint density at radius 2 is 1.61 bits per heavy atom. The van der Waals surface area contributed by atoms with E-state index in [0.29, 0.717) is 31.3 Å². The Hall–Kier alpha value is -2.90. The van der Waals surface area contributed by atoms with Crippen molar-refractivity contribution in [3.05, 3.63) is 101 Å². The molecule has 6 nitrogen and oxygen atoms in total. The van der Waals surface area contributed by atoms with Crippen LogP contribution in [0, 0.1) is 0 Å². The number of methoxy groups -OCH3 is 1. The minimum absolute atomic E-state index is 0.0362. The third kappa shape index (κ3) is 7.80. The summed E-state index contributed by atoms with van der Waals surface area (Å²) in [5.74, 6) is 0.849. The fraction of sp³-hybridized carbons (Fsp3) is 0.345. The van der Waals surface area contributed by atoms with Crippen LogP contribution in [-0.4, -0.2) is 62.1 Å². The van der Waals surface area contributed by atoms with Crippen LogP contribution in [0.3, 0.4) is 0 Å². The molecule has 3 aromatic carbocycles. The Labute approximate surface area is 218 Å². The molecule has 0 N–H and O–H groups in total. The zero-order chi connectivity index (χ0) is 25.2. The van der Waals surface area contributed by atoms with Gasteiger partial charge in [0, 0.05) is 37.7 Å². The maximum atomic E-state index is 12.6. The van der Waals surface area contributed by atoms with Gasteiger partial charge in [0.25, 0.3) is 0 Å². The van der Waals surface area contributed by atoms with Gasteiger partial charge in [0.15, 0.2) is 0 Å². The van der Waals surface area contributed by atoms with Crippen molar-refractivity contribution in [2.45, 2.75) is 19.3 Å². The molecule has 1 heterocycles. The number of benzene rings is 3. The molecule has 0 aliphatic carbocycles. The van der Waals surface area contributed by atoms with E-state index in [9.17, 15) is 4.79 Å². The Morgan fingerprint density at radius 3 is 2.33 bits per heavy atom. The molecule has 1 fully saturated rings. The molecule has 0 aromatic heterocycles. The van der Waals surface area contributed by atoms with E-state index < -0.39 is 0 Å². The van der Waals surface area contributed by atoms with Crippen LogP contribution in [-0.2, 0) is 27.5 Å². The molecule has 0 spiro atoms. The fourth-order valence-electron chi connectivity index (χ4n) is 4.23. The maximum absolute atomic E-state index is 12.6. The summed E-state index contributed by atoms with van der Waals surface area (Å²) in [6, 6.07) is 25.6. The predicted octanol–water partition coefficient (Wildman–Crippen LogP) is 4.97. The molecule has 0 unspecified atom stereocenters. The van der Waals surface area contributed by atoms with Crippen LogP contribution in [0.25, 0.3) is 0 Å². The molecule has 3 aromatic rings. The van der Waals surface area contributed by atoms with Crippen LogP contribution in [0.2, 0.25) is 5.02 Å². The number of piperazine rings is 1. The van der Waals surface area contributed by atoms with Crippen molar-refractivity contribution >= 4 is 17.5 Å². The maximum Gasteiger partial charge on any atom is 0.248 e. The number of halogens is 1. The monoisotopic (exact) mass is 508 g/mol. The minimum Gasteiger partial charge on any atom is -0.497 e. The highest BCUT2D eigenvalue weighted by Gasteiger charge is 2.24. The summed E-state index contributed by atoms with van der Waals surface area (Å²) in [6.07, 6.45) is -0.120. The lowest BCUT2D eigenvalue weighted by Crippen LogP contribution is -2.50. The summed E-state index contributed by atoms with van der Waals surface area (Å²) >= 11 is 6.12. The number of amides is 1. The molecule has 1 saturated heterocycles. The van der Waals surface area contributed by atoms with Gasteiger partial charge in [0.1, 0.15) is 12.4 Å². The van der Waals surface area contributed by atoms with Crippen molar-refractivity contribution in [3.8, 4) is 5.75 Å². The SMILES string of the molecule is COc1cccc(CO[C@H](CN2CCN(C(=O)COCc3ccccc3)CC2)c2ccc(Cl)cc2)c1. The number of hydrogen-bond donors (Lipinski definition) is 0. The molecule has 0 saturated carbocycles. The quantitative estimate of drug-likeness (QED) is 0.366. The smallest absolute Gasteiger partial charge is 0.248 e. The Morgan fingerprint density at radius 1 is 0.889 bits per heavy atom. The van der Waals surface area contributed by atoms with E-state index in [-0.39, 0.29) is 18.6 Å². The molecule has 4 rings (SSSR count). The highest BCUT2D eigenvalue weighted by Crippen LogP contribution is 2.24. The average Bonchev–Trinajstić information content (AvgIpc) is 2.92. The van der Waals surface area contributed by atoms with Gasteiger partial charge in [-0.15, -0.1) is 0 Å². The van der Waals surface area contributed by atoms with Crippen LogP contribution in [0.1, 0.15) is 22.8 Å². The van der Waals surface area contributed by atoms with Crippen LogP contribution in [0.4, 0.5) is 0 Å². The minimum atomic E-state index is -0.120. The number of ether oxygens (including phenoxy) is 3. The highest BCUT2D eigenvalue weighted by atomic mass is 35.5. The topological polar surface area (TPSA) is 51.2 Å². The summed E-state index contributed by atoms with van der Waals surface area (Å²) in [6.45, 7) is 4.69. The number of hydrogen-bond acceptors (Lipinski definition) is 5. The summed E-state index contributed by atoms with van der Waals surface area (Å²) in [4.78, 5) is 16.8. The molecule has 190 valence electrons. The van der Waals surface area contributed by atoms with Crippen molar-refractivity contribution in [2.75, 3.05) is 46.4 Å². The van der Waals surface area contributed by atoms with Gasteiger partial charge < -0.3 is 19.1 Å². The normalized spacial score (nSPS) is 15.0. The van der Waals surface area contributed by atoms with E-state index in [0.717, 1.165) is 42.1 Å². The van der Waals surface area contributed by atoms with Gasteiger partial charge >= 0.3 is 0 Å². The molecule has 1 amide bonds. The molecule has 0 radical (unpaired) electrons. The fourth-order valence-corrected chi connectivity index (χ4v) is 4.35. The highest BCUT2D eigenvalue weighted by molar-refractivity contribution is 6.30. The first-order valence-corrected chi connectivity index (χ1v) is 12.6. The lowest BCUT2D eigenvalue weighted by molar-refractivity contribution is -0.138. The molecule has 7 heteroatoms. The Bertz CT molecular complexity index is 1090. The first kappa shape index (κ1) is 26.2. The van der Waals surface area contributed by atoms with Crippen molar-refractivity contribution in [3.63, 3.8) is 0 Å². The van der Waals surface area contributed by atoms with Crippen molar-refractivity contribution in [2.24, 2.45) is 0 Å². The largest absolute Gasteiger partial charge is 0.497 e. The van der Waals surface area contributed by atoms with Crippen molar-refractivity contribution in [1.29, 1.82) is 0 Å². The van der Waals surface area contributed by atoms with Gasteiger partial charge in [-0.3, -0.25) is 9.69 Å². The molecule has 0 bridgehead atoms. The standard InChI is InChI=1S/C29H33ClN2O4/c1-34-27-9-5-8-24(18-27)21-36-28(25-10-12-26(30)13-11-25)19-31-14-16-32(17-15-31)29(33)22-35-20-23-6-3-2-4-7-23/h2-13,18,28H,14-17,19-22H2,1H3/t28-/m1/s1. The molecular weight excluding hydrogens is 476 g/mol. The van der Waals surface area contributed by atoms with E-state index >= 15 is 0 Å².